The fraction of sp³-hybridized carbons (Fsp3) is 0.300. The second-order valence-corrected chi connectivity index (χ2v) is 7.00. The maximum Gasteiger partial charge on any atom is 0.266 e. The van der Waals surface area contributed by atoms with Crippen LogP contribution in [0.5, 0.6) is 0 Å². The third-order valence-corrected chi connectivity index (χ3v) is 4.76. The average Bonchev–Trinajstić information content (AvgIpc) is 3.22. The molecule has 0 aliphatic heterocycles. The van der Waals surface area contributed by atoms with Crippen molar-refractivity contribution in [1.29, 1.82) is 0 Å². The van der Waals surface area contributed by atoms with Crippen molar-refractivity contribution in [3.05, 3.63) is 65.0 Å². The zero-order chi connectivity index (χ0) is 20.5. The predicted octanol–water partition coefficient (Wildman–Crippen LogP) is 3.37. The van der Waals surface area contributed by atoms with Crippen LogP contribution >= 0.6 is 0 Å². The first-order chi connectivity index (χ1) is 13.9. The number of tetrazole rings is 1. The second-order valence-electron chi connectivity index (χ2n) is 7.00. The molecule has 7 nitrogen and oxygen atoms in total. The van der Waals surface area contributed by atoms with Gasteiger partial charge in [-0.2, -0.15) is 4.80 Å². The number of benzene rings is 1. The Morgan fingerprint density at radius 1 is 1.00 bits per heavy atom. The highest BCUT2D eigenvalue weighted by atomic mass is 19.1. The molecule has 0 spiro atoms. The average molecular weight is 397 g/mol. The van der Waals surface area contributed by atoms with E-state index in [0.29, 0.717) is 18.1 Å². The summed E-state index contributed by atoms with van der Waals surface area (Å²) in [5, 5.41) is 13.2. The predicted molar refractivity (Wildman–Crippen MR) is 105 cm³/mol. The van der Waals surface area contributed by atoms with E-state index in [1.165, 1.54) is 16.9 Å². The van der Waals surface area contributed by atoms with Gasteiger partial charge >= 0.3 is 0 Å². The fourth-order valence-electron chi connectivity index (χ4n) is 3.55. The molecular weight excluding hydrogens is 376 g/mol. The van der Waals surface area contributed by atoms with Gasteiger partial charge in [0.05, 0.1) is 7.05 Å². The minimum absolute atomic E-state index is 0.230. The molecule has 0 aliphatic carbocycles. The molecule has 0 bridgehead atoms. The molecule has 0 aliphatic rings. The topological polar surface area (TPSA) is 64.7 Å². The van der Waals surface area contributed by atoms with Crippen molar-refractivity contribution in [3.8, 4) is 0 Å². The van der Waals surface area contributed by atoms with E-state index in [-0.39, 0.29) is 6.54 Å². The molecule has 0 atom stereocenters. The number of rotatable bonds is 6. The number of nitrogens with zero attached hydrogens (tertiary/aromatic N) is 7. The quantitative estimate of drug-likeness (QED) is 0.499. The van der Waals surface area contributed by atoms with Crippen LogP contribution in [0.1, 0.15) is 23.7 Å². The number of pyridine rings is 1. The molecule has 3 aromatic heterocycles. The minimum Gasteiger partial charge on any atom is -0.330 e. The van der Waals surface area contributed by atoms with Gasteiger partial charge in [0.25, 0.3) is 5.95 Å². The van der Waals surface area contributed by atoms with E-state index in [0.717, 1.165) is 34.9 Å². The fourth-order valence-corrected chi connectivity index (χ4v) is 3.55. The summed E-state index contributed by atoms with van der Waals surface area (Å²) in [5.41, 5.74) is 3.51. The van der Waals surface area contributed by atoms with Crippen LogP contribution in [0.4, 0.5) is 14.7 Å². The maximum atomic E-state index is 13.6. The minimum atomic E-state index is -0.619. The van der Waals surface area contributed by atoms with Gasteiger partial charge in [0.2, 0.25) is 0 Å². The van der Waals surface area contributed by atoms with Crippen LogP contribution in [0.15, 0.2) is 36.5 Å². The standard InChI is InChI=1S/C20H21F2N7/c1-4-29-13(2)5-16-6-15(10-23-19(16)29)12-28(20-24-26-27(3)25-20)11-14-7-17(21)9-18(22)8-14/h5-10H,4,11-12H2,1-3H3. The van der Waals surface area contributed by atoms with Gasteiger partial charge in [-0.1, -0.05) is 5.10 Å². The van der Waals surface area contributed by atoms with E-state index in [1.807, 2.05) is 11.1 Å². The molecule has 9 heteroatoms. The summed E-state index contributed by atoms with van der Waals surface area (Å²) in [6.45, 7) is 5.64. The zero-order valence-electron chi connectivity index (χ0n) is 16.5. The summed E-state index contributed by atoms with van der Waals surface area (Å²) in [4.78, 5) is 7.78. The molecule has 0 radical (unpaired) electrons. The maximum absolute atomic E-state index is 13.6. The molecule has 0 amide bonds. The summed E-state index contributed by atoms with van der Waals surface area (Å²) in [6, 6.07) is 7.63. The number of aryl methyl sites for hydroxylation is 3. The lowest BCUT2D eigenvalue weighted by molar-refractivity contribution is 0.578. The third kappa shape index (κ3) is 3.94. The van der Waals surface area contributed by atoms with Crippen LogP contribution in [0.25, 0.3) is 11.0 Å². The molecule has 4 aromatic rings. The van der Waals surface area contributed by atoms with Crippen molar-refractivity contribution < 1.29 is 8.78 Å². The first-order valence-electron chi connectivity index (χ1n) is 9.31. The molecule has 0 unspecified atom stereocenters. The van der Waals surface area contributed by atoms with E-state index >= 15 is 0 Å². The van der Waals surface area contributed by atoms with Crippen LogP contribution in [0, 0.1) is 18.6 Å². The molecule has 4 rings (SSSR count). The van der Waals surface area contributed by atoms with Crippen molar-refractivity contribution >= 4 is 17.0 Å². The highest BCUT2D eigenvalue weighted by molar-refractivity contribution is 5.78. The lowest BCUT2D eigenvalue weighted by Crippen LogP contribution is -2.24. The largest absolute Gasteiger partial charge is 0.330 e. The smallest absolute Gasteiger partial charge is 0.266 e. The SMILES string of the molecule is CCn1c(C)cc2cc(CN(Cc3cc(F)cc(F)c3)c3nnn(C)n3)cnc21. The molecular formula is C20H21F2N7. The normalized spacial score (nSPS) is 11.3. The van der Waals surface area contributed by atoms with Crippen LogP contribution in [0.3, 0.4) is 0 Å². The van der Waals surface area contributed by atoms with Crippen molar-refractivity contribution in [2.75, 3.05) is 4.90 Å². The highest BCUT2D eigenvalue weighted by Gasteiger charge is 2.16. The Hall–Kier alpha value is -3.36. The Balaban J connectivity index is 1.67. The highest BCUT2D eigenvalue weighted by Crippen LogP contribution is 2.22. The molecule has 150 valence electrons. The van der Waals surface area contributed by atoms with Gasteiger partial charge in [-0.15, -0.1) is 5.10 Å². The second kappa shape index (κ2) is 7.57. The monoisotopic (exact) mass is 397 g/mol. The van der Waals surface area contributed by atoms with Crippen molar-refractivity contribution in [2.24, 2.45) is 7.05 Å². The Bertz CT molecular complexity index is 1140. The van der Waals surface area contributed by atoms with E-state index in [2.05, 4.69) is 50.9 Å². The molecule has 0 saturated heterocycles. The number of hydrogen-bond acceptors (Lipinski definition) is 5. The van der Waals surface area contributed by atoms with Gasteiger partial charge < -0.3 is 9.47 Å². The zero-order valence-corrected chi connectivity index (χ0v) is 16.5. The Kier molecular flexibility index (Phi) is 4.96. The molecule has 29 heavy (non-hydrogen) atoms. The van der Waals surface area contributed by atoms with Crippen LogP contribution in [-0.2, 0) is 26.7 Å². The number of anilines is 1. The summed E-state index contributed by atoms with van der Waals surface area (Å²) in [5.74, 6) is -0.863. The van der Waals surface area contributed by atoms with Crippen LogP contribution in [0.2, 0.25) is 0 Å². The van der Waals surface area contributed by atoms with Crippen LogP contribution < -0.4 is 4.90 Å². The van der Waals surface area contributed by atoms with Gasteiger partial charge in [0, 0.05) is 43.0 Å². The molecule has 1 aromatic carbocycles. The molecule has 0 N–H and O–H groups in total. The Morgan fingerprint density at radius 3 is 2.38 bits per heavy atom. The van der Waals surface area contributed by atoms with Gasteiger partial charge in [-0.05, 0) is 54.5 Å². The van der Waals surface area contributed by atoms with Crippen molar-refractivity contribution in [2.45, 2.75) is 33.5 Å². The Morgan fingerprint density at radius 2 is 1.72 bits per heavy atom. The first kappa shape index (κ1) is 19.0. The van der Waals surface area contributed by atoms with Gasteiger partial charge in [0.15, 0.2) is 0 Å². The number of aromatic nitrogens is 6. The summed E-state index contributed by atoms with van der Waals surface area (Å²) in [6.07, 6.45) is 1.81. The molecule has 0 fully saturated rings. The van der Waals surface area contributed by atoms with Crippen LogP contribution in [-0.4, -0.2) is 29.8 Å². The lowest BCUT2D eigenvalue weighted by Gasteiger charge is -2.21. The first-order valence-corrected chi connectivity index (χ1v) is 9.31. The van der Waals surface area contributed by atoms with E-state index < -0.39 is 11.6 Å². The van der Waals surface area contributed by atoms with E-state index in [1.54, 1.807) is 7.05 Å². The molecule has 0 saturated carbocycles. The number of fused-ring (bicyclic) bond motifs is 1. The summed E-state index contributed by atoms with van der Waals surface area (Å²) < 4.78 is 29.4. The van der Waals surface area contributed by atoms with Gasteiger partial charge in [0.1, 0.15) is 17.3 Å². The lowest BCUT2D eigenvalue weighted by atomic mass is 10.1. The van der Waals surface area contributed by atoms with E-state index in [4.69, 9.17) is 0 Å². The summed E-state index contributed by atoms with van der Waals surface area (Å²) >= 11 is 0. The van der Waals surface area contributed by atoms with Crippen molar-refractivity contribution in [3.63, 3.8) is 0 Å². The summed E-state index contributed by atoms with van der Waals surface area (Å²) in [7, 11) is 1.67. The third-order valence-electron chi connectivity index (χ3n) is 4.76. The van der Waals surface area contributed by atoms with E-state index in [9.17, 15) is 8.78 Å². The Labute approximate surface area is 166 Å². The molecule has 3 heterocycles. The van der Waals surface area contributed by atoms with Gasteiger partial charge in [-0.3, -0.25) is 0 Å². The van der Waals surface area contributed by atoms with Crippen molar-refractivity contribution in [1.82, 2.24) is 29.8 Å². The van der Waals surface area contributed by atoms with Gasteiger partial charge in [-0.25, -0.2) is 13.8 Å². The number of halogens is 2. The number of hydrogen-bond donors (Lipinski definition) is 0.